The minimum Gasteiger partial charge on any atom is -0.488 e. The van der Waals surface area contributed by atoms with Crippen LogP contribution >= 0.6 is 0 Å². The summed E-state index contributed by atoms with van der Waals surface area (Å²) in [6.07, 6.45) is -1.34. The largest absolute Gasteiger partial charge is 0.488 e. The first-order valence-corrected chi connectivity index (χ1v) is 6.32. The molecule has 0 bridgehead atoms. The van der Waals surface area contributed by atoms with Gasteiger partial charge in [0.1, 0.15) is 18.0 Å². The van der Waals surface area contributed by atoms with E-state index in [4.69, 9.17) is 15.0 Å². The predicted octanol–water partition coefficient (Wildman–Crippen LogP) is 1.24. The van der Waals surface area contributed by atoms with Crippen molar-refractivity contribution in [3.05, 3.63) is 24.3 Å². The summed E-state index contributed by atoms with van der Waals surface area (Å²) in [5, 5.41) is 0. The Morgan fingerprint density at radius 3 is 2.18 bits per heavy atom. The molecule has 1 aromatic carbocycles. The van der Waals surface area contributed by atoms with Gasteiger partial charge in [0.25, 0.3) is 0 Å². The monoisotopic (exact) mass is 261 g/mol. The first-order valence-electron chi connectivity index (χ1n) is 4.96. The minimum absolute atomic E-state index is 0.539. The first-order chi connectivity index (χ1) is 7.78. The van der Waals surface area contributed by atoms with Gasteiger partial charge in [-0.15, -0.1) is 0 Å². The second-order valence-electron chi connectivity index (χ2n) is 3.62. The molecule has 1 aromatic rings. The van der Waals surface area contributed by atoms with E-state index in [1.165, 1.54) is 6.92 Å². The lowest BCUT2D eigenvalue weighted by Crippen LogP contribution is -2.30. The number of ether oxygens (including phenoxy) is 1. The van der Waals surface area contributed by atoms with Crippen LogP contribution in [0.5, 0.6) is 5.75 Å². The highest BCUT2D eigenvalue weighted by Gasteiger charge is 2.20. The van der Waals surface area contributed by atoms with Crippen LogP contribution in [0.1, 0.15) is 13.8 Å². The molecule has 0 amide bonds. The van der Waals surface area contributed by atoms with Gasteiger partial charge >= 0.3 is 10.4 Å². The van der Waals surface area contributed by atoms with E-state index in [0.717, 1.165) is 0 Å². The van der Waals surface area contributed by atoms with Crippen LogP contribution < -0.4 is 10.5 Å². The van der Waals surface area contributed by atoms with Crippen LogP contribution in [0, 0.1) is 0 Å². The maximum Gasteiger partial charge on any atom is 0.397 e. The van der Waals surface area contributed by atoms with Crippen molar-refractivity contribution < 1.29 is 21.9 Å². The maximum absolute atomic E-state index is 10.5. The van der Waals surface area contributed by atoms with Crippen molar-refractivity contribution in [2.45, 2.75) is 26.1 Å². The number of hydrogen-bond donors (Lipinski definition) is 2. The number of anilines is 1. The van der Waals surface area contributed by atoms with Gasteiger partial charge in [-0.05, 0) is 38.1 Å². The van der Waals surface area contributed by atoms with Crippen molar-refractivity contribution in [3.63, 3.8) is 0 Å². The zero-order valence-electron chi connectivity index (χ0n) is 9.53. The van der Waals surface area contributed by atoms with Crippen molar-refractivity contribution in [2.75, 3.05) is 5.73 Å². The van der Waals surface area contributed by atoms with Gasteiger partial charge in [-0.25, -0.2) is 4.18 Å². The summed E-state index contributed by atoms with van der Waals surface area (Å²) < 4.78 is 39.3. The molecule has 0 saturated carbocycles. The van der Waals surface area contributed by atoms with Crippen molar-refractivity contribution in [3.8, 4) is 5.75 Å². The van der Waals surface area contributed by atoms with Gasteiger partial charge in [-0.3, -0.25) is 4.55 Å². The summed E-state index contributed by atoms with van der Waals surface area (Å²) in [6.45, 7) is 3.11. The highest BCUT2D eigenvalue weighted by atomic mass is 32.3. The second kappa shape index (κ2) is 5.35. The maximum atomic E-state index is 10.5. The summed E-state index contributed by atoms with van der Waals surface area (Å²) in [5.41, 5.74) is 6.11. The lowest BCUT2D eigenvalue weighted by molar-refractivity contribution is 0.0731. The highest BCUT2D eigenvalue weighted by Crippen LogP contribution is 2.17. The molecule has 0 aliphatic carbocycles. The molecule has 1 rings (SSSR count). The summed E-state index contributed by atoms with van der Waals surface area (Å²) in [5.74, 6) is 0.539. The smallest absolute Gasteiger partial charge is 0.397 e. The van der Waals surface area contributed by atoms with Crippen LogP contribution in [-0.2, 0) is 14.6 Å². The Balaban J connectivity index is 2.59. The van der Waals surface area contributed by atoms with Crippen molar-refractivity contribution in [2.24, 2.45) is 0 Å². The van der Waals surface area contributed by atoms with E-state index in [9.17, 15) is 8.42 Å². The van der Waals surface area contributed by atoms with Gasteiger partial charge in [0.05, 0.1) is 0 Å². The zero-order chi connectivity index (χ0) is 13.1. The van der Waals surface area contributed by atoms with Crippen molar-refractivity contribution >= 4 is 16.1 Å². The fraction of sp³-hybridized carbons (Fsp3) is 0.400. The quantitative estimate of drug-likeness (QED) is 0.611. The molecule has 96 valence electrons. The predicted molar refractivity (Wildman–Crippen MR) is 63.0 cm³/mol. The Labute approximate surface area is 100 Å². The number of benzene rings is 1. The Kier molecular flexibility index (Phi) is 4.33. The summed E-state index contributed by atoms with van der Waals surface area (Å²) >= 11 is 0. The molecule has 17 heavy (non-hydrogen) atoms. The van der Waals surface area contributed by atoms with Gasteiger partial charge < -0.3 is 10.5 Å². The van der Waals surface area contributed by atoms with Crippen LogP contribution in [0.3, 0.4) is 0 Å². The van der Waals surface area contributed by atoms with E-state index < -0.39 is 22.6 Å². The molecule has 0 aromatic heterocycles. The van der Waals surface area contributed by atoms with Gasteiger partial charge in [0.15, 0.2) is 0 Å². The third kappa shape index (κ3) is 5.03. The Morgan fingerprint density at radius 1 is 1.18 bits per heavy atom. The van der Waals surface area contributed by atoms with Crippen molar-refractivity contribution in [1.29, 1.82) is 0 Å². The summed E-state index contributed by atoms with van der Waals surface area (Å²) in [7, 11) is -4.47. The van der Waals surface area contributed by atoms with Crippen LogP contribution in [0.2, 0.25) is 0 Å². The number of hydrogen-bond acceptors (Lipinski definition) is 5. The lowest BCUT2D eigenvalue weighted by atomic mass is 10.2. The fourth-order valence-corrected chi connectivity index (χ4v) is 1.67. The summed E-state index contributed by atoms with van der Waals surface area (Å²) in [4.78, 5) is 0. The molecule has 0 saturated heterocycles. The zero-order valence-corrected chi connectivity index (χ0v) is 10.3. The second-order valence-corrected chi connectivity index (χ2v) is 4.67. The van der Waals surface area contributed by atoms with E-state index in [1.807, 2.05) is 0 Å². The average molecular weight is 261 g/mol. The Bertz CT molecular complexity index is 456. The highest BCUT2D eigenvalue weighted by molar-refractivity contribution is 7.80. The molecule has 3 N–H and O–H groups in total. The first kappa shape index (κ1) is 13.8. The molecule has 6 nitrogen and oxygen atoms in total. The molecule has 2 atom stereocenters. The topological polar surface area (TPSA) is 98.9 Å². The molecule has 2 unspecified atom stereocenters. The fourth-order valence-electron chi connectivity index (χ4n) is 1.13. The average Bonchev–Trinajstić information content (AvgIpc) is 2.19. The third-order valence-electron chi connectivity index (χ3n) is 2.14. The molecular formula is C10H15NO5S. The molecule has 0 aliphatic heterocycles. The standard InChI is InChI=1S/C10H15NO5S/c1-7(8(2)16-17(12,13)14)15-10-5-3-9(11)4-6-10/h3-8H,11H2,1-2H3,(H,12,13,14). The van der Waals surface area contributed by atoms with E-state index in [0.29, 0.717) is 11.4 Å². The van der Waals surface area contributed by atoms with Crippen LogP contribution in [0.15, 0.2) is 24.3 Å². The molecule has 0 fully saturated rings. The van der Waals surface area contributed by atoms with Crippen molar-refractivity contribution in [1.82, 2.24) is 0 Å². The SMILES string of the molecule is CC(Oc1ccc(N)cc1)C(C)OS(=O)(=O)O. The molecule has 0 radical (unpaired) electrons. The van der Waals surface area contributed by atoms with Gasteiger partial charge in [0, 0.05) is 5.69 Å². The molecule has 7 heteroatoms. The number of nitrogens with two attached hydrogens (primary N) is 1. The molecule has 0 aliphatic rings. The third-order valence-corrected chi connectivity index (χ3v) is 2.68. The van der Waals surface area contributed by atoms with Gasteiger partial charge in [0.2, 0.25) is 0 Å². The van der Waals surface area contributed by atoms with Crippen LogP contribution in [-0.4, -0.2) is 25.2 Å². The van der Waals surface area contributed by atoms with Gasteiger partial charge in [-0.2, -0.15) is 8.42 Å². The molecule has 0 heterocycles. The van der Waals surface area contributed by atoms with E-state index in [-0.39, 0.29) is 0 Å². The van der Waals surface area contributed by atoms with Gasteiger partial charge in [-0.1, -0.05) is 0 Å². The van der Waals surface area contributed by atoms with E-state index in [1.54, 1.807) is 31.2 Å². The number of nitrogen functional groups attached to an aromatic ring is 1. The van der Waals surface area contributed by atoms with E-state index >= 15 is 0 Å². The lowest BCUT2D eigenvalue weighted by Gasteiger charge is -2.20. The molecule has 0 spiro atoms. The summed E-state index contributed by atoms with van der Waals surface area (Å²) in [6, 6.07) is 6.64. The van der Waals surface area contributed by atoms with Crippen LogP contribution in [0.4, 0.5) is 5.69 Å². The minimum atomic E-state index is -4.47. The van der Waals surface area contributed by atoms with Crippen LogP contribution in [0.25, 0.3) is 0 Å². The normalized spacial score (nSPS) is 15.2. The Hall–Kier alpha value is -1.31. The molecular weight excluding hydrogens is 246 g/mol. The Morgan fingerprint density at radius 2 is 1.71 bits per heavy atom. The number of rotatable bonds is 5. The van der Waals surface area contributed by atoms with E-state index in [2.05, 4.69) is 4.18 Å².